The predicted octanol–water partition coefficient (Wildman–Crippen LogP) is 2.28. The third-order valence-electron chi connectivity index (χ3n) is 3.54. The molecule has 1 fully saturated rings. The summed E-state index contributed by atoms with van der Waals surface area (Å²) in [5.74, 6) is 0.737. The van der Waals surface area contributed by atoms with Crippen LogP contribution in [0, 0.1) is 5.92 Å². The van der Waals surface area contributed by atoms with Crippen molar-refractivity contribution in [2.24, 2.45) is 11.7 Å². The smallest absolute Gasteiger partial charge is 0.0110 e. The Morgan fingerprint density at radius 1 is 1.36 bits per heavy atom. The maximum atomic E-state index is 5.78. The Labute approximate surface area is 88.6 Å². The predicted molar refractivity (Wildman–Crippen MR) is 62.3 cm³/mol. The maximum absolute atomic E-state index is 5.78. The van der Waals surface area contributed by atoms with Crippen LogP contribution in [-0.4, -0.2) is 18.6 Å². The number of nitrogens with two attached hydrogens (primary N) is 1. The van der Waals surface area contributed by atoms with Crippen LogP contribution in [0.4, 0.5) is 0 Å². The van der Waals surface area contributed by atoms with E-state index in [4.69, 9.17) is 5.73 Å². The summed E-state index contributed by atoms with van der Waals surface area (Å²) in [6.07, 6.45) is 7.87. The van der Waals surface area contributed by atoms with Crippen molar-refractivity contribution in [3.05, 3.63) is 0 Å². The lowest BCUT2D eigenvalue weighted by atomic mass is 10.0. The van der Waals surface area contributed by atoms with Crippen molar-refractivity contribution >= 4 is 0 Å². The topological polar surface area (TPSA) is 38.0 Å². The molecule has 0 aromatic carbocycles. The highest BCUT2D eigenvalue weighted by molar-refractivity contribution is 4.85. The van der Waals surface area contributed by atoms with Crippen LogP contribution in [0.15, 0.2) is 0 Å². The molecule has 0 bridgehead atoms. The lowest BCUT2D eigenvalue weighted by molar-refractivity contribution is 0.340. The summed E-state index contributed by atoms with van der Waals surface area (Å²) < 4.78 is 0. The lowest BCUT2D eigenvalue weighted by Crippen LogP contribution is -2.42. The van der Waals surface area contributed by atoms with E-state index in [0.29, 0.717) is 6.04 Å². The van der Waals surface area contributed by atoms with Gasteiger partial charge in [-0.25, -0.2) is 0 Å². The van der Waals surface area contributed by atoms with E-state index in [2.05, 4.69) is 19.2 Å². The van der Waals surface area contributed by atoms with Gasteiger partial charge in [0.15, 0.2) is 0 Å². The molecule has 1 aliphatic carbocycles. The van der Waals surface area contributed by atoms with Gasteiger partial charge in [0.25, 0.3) is 0 Å². The second kappa shape index (κ2) is 6.41. The molecule has 2 nitrogen and oxygen atoms in total. The van der Waals surface area contributed by atoms with E-state index in [1.54, 1.807) is 0 Å². The largest absolute Gasteiger partial charge is 0.330 e. The molecule has 0 aromatic rings. The molecule has 0 aliphatic heterocycles. The Bertz CT molecular complexity index is 147. The van der Waals surface area contributed by atoms with Crippen LogP contribution in [0.1, 0.15) is 52.4 Å². The van der Waals surface area contributed by atoms with E-state index in [-0.39, 0.29) is 0 Å². The number of nitrogens with one attached hydrogen (secondary N) is 1. The van der Waals surface area contributed by atoms with Crippen molar-refractivity contribution in [1.82, 2.24) is 5.32 Å². The van der Waals surface area contributed by atoms with Gasteiger partial charge in [-0.1, -0.05) is 26.7 Å². The Balaban J connectivity index is 2.32. The SMILES string of the molecule is CCCC(CC)NC1CCCC1CN. The van der Waals surface area contributed by atoms with Crippen LogP contribution in [0.25, 0.3) is 0 Å². The molecule has 0 aromatic heterocycles. The zero-order valence-electron chi connectivity index (χ0n) is 9.76. The fraction of sp³-hybridized carbons (Fsp3) is 1.00. The van der Waals surface area contributed by atoms with Crippen LogP contribution in [0.5, 0.6) is 0 Å². The van der Waals surface area contributed by atoms with Crippen molar-refractivity contribution in [2.75, 3.05) is 6.54 Å². The van der Waals surface area contributed by atoms with Gasteiger partial charge in [0.1, 0.15) is 0 Å². The first kappa shape index (κ1) is 12.0. The molecule has 0 radical (unpaired) electrons. The van der Waals surface area contributed by atoms with E-state index >= 15 is 0 Å². The molecule has 2 heteroatoms. The van der Waals surface area contributed by atoms with Crippen LogP contribution in [0.3, 0.4) is 0 Å². The van der Waals surface area contributed by atoms with Gasteiger partial charge in [-0.2, -0.15) is 0 Å². The average molecular weight is 198 g/mol. The molecule has 0 saturated heterocycles. The third kappa shape index (κ3) is 3.25. The zero-order chi connectivity index (χ0) is 10.4. The molecule has 1 aliphatic rings. The quantitative estimate of drug-likeness (QED) is 0.687. The summed E-state index contributed by atoms with van der Waals surface area (Å²) in [7, 11) is 0. The normalized spacial score (nSPS) is 29.4. The molecule has 0 heterocycles. The maximum Gasteiger partial charge on any atom is 0.0110 e. The molecule has 3 unspecified atom stereocenters. The van der Waals surface area contributed by atoms with Gasteiger partial charge in [0.2, 0.25) is 0 Å². The van der Waals surface area contributed by atoms with E-state index < -0.39 is 0 Å². The highest BCUT2D eigenvalue weighted by atomic mass is 15.0. The summed E-state index contributed by atoms with van der Waals surface area (Å²) in [5.41, 5.74) is 5.78. The summed E-state index contributed by atoms with van der Waals surface area (Å²) in [6, 6.07) is 1.42. The average Bonchev–Trinajstić information content (AvgIpc) is 2.64. The van der Waals surface area contributed by atoms with Crippen molar-refractivity contribution in [3.63, 3.8) is 0 Å². The second-order valence-corrected chi connectivity index (χ2v) is 4.59. The fourth-order valence-electron chi connectivity index (χ4n) is 2.59. The molecule has 3 N–H and O–H groups in total. The fourth-order valence-corrected chi connectivity index (χ4v) is 2.59. The van der Waals surface area contributed by atoms with Gasteiger partial charge in [-0.3, -0.25) is 0 Å². The minimum Gasteiger partial charge on any atom is -0.330 e. The zero-order valence-corrected chi connectivity index (χ0v) is 9.76. The van der Waals surface area contributed by atoms with Crippen LogP contribution >= 0.6 is 0 Å². The lowest BCUT2D eigenvalue weighted by Gasteiger charge is -2.25. The summed E-state index contributed by atoms with van der Waals surface area (Å²) in [5, 5.41) is 3.79. The van der Waals surface area contributed by atoms with Crippen LogP contribution in [-0.2, 0) is 0 Å². The monoisotopic (exact) mass is 198 g/mol. The molecule has 1 rings (SSSR count). The number of hydrogen-bond acceptors (Lipinski definition) is 2. The Morgan fingerprint density at radius 2 is 2.14 bits per heavy atom. The van der Waals surface area contributed by atoms with Crippen LogP contribution < -0.4 is 11.1 Å². The molecular formula is C12H26N2. The number of hydrogen-bond donors (Lipinski definition) is 2. The van der Waals surface area contributed by atoms with E-state index in [1.807, 2.05) is 0 Å². The summed E-state index contributed by atoms with van der Waals surface area (Å²) in [6.45, 7) is 5.40. The molecule has 84 valence electrons. The molecule has 1 saturated carbocycles. The van der Waals surface area contributed by atoms with Gasteiger partial charge < -0.3 is 11.1 Å². The first-order valence-electron chi connectivity index (χ1n) is 6.27. The van der Waals surface area contributed by atoms with Gasteiger partial charge in [-0.05, 0) is 38.1 Å². The van der Waals surface area contributed by atoms with Crippen LogP contribution in [0.2, 0.25) is 0 Å². The Kier molecular flexibility index (Phi) is 5.49. The number of rotatable bonds is 6. The van der Waals surface area contributed by atoms with Crippen molar-refractivity contribution in [3.8, 4) is 0 Å². The van der Waals surface area contributed by atoms with Gasteiger partial charge in [0.05, 0.1) is 0 Å². The van der Waals surface area contributed by atoms with Crippen molar-refractivity contribution < 1.29 is 0 Å². The molecule has 14 heavy (non-hydrogen) atoms. The second-order valence-electron chi connectivity index (χ2n) is 4.59. The molecule has 0 amide bonds. The minimum atomic E-state index is 0.705. The van der Waals surface area contributed by atoms with E-state index in [9.17, 15) is 0 Å². The minimum absolute atomic E-state index is 0.705. The first-order chi connectivity index (χ1) is 6.81. The Morgan fingerprint density at radius 3 is 2.71 bits per heavy atom. The van der Waals surface area contributed by atoms with E-state index in [0.717, 1.165) is 18.5 Å². The highest BCUT2D eigenvalue weighted by Crippen LogP contribution is 2.25. The highest BCUT2D eigenvalue weighted by Gasteiger charge is 2.26. The first-order valence-corrected chi connectivity index (χ1v) is 6.27. The standard InChI is InChI=1S/C12H26N2/c1-3-6-11(4-2)14-12-8-5-7-10(12)9-13/h10-12,14H,3-9,13H2,1-2H3. The van der Waals surface area contributed by atoms with Gasteiger partial charge >= 0.3 is 0 Å². The van der Waals surface area contributed by atoms with E-state index in [1.165, 1.54) is 38.5 Å². The van der Waals surface area contributed by atoms with Gasteiger partial charge in [-0.15, -0.1) is 0 Å². The Hall–Kier alpha value is -0.0800. The summed E-state index contributed by atoms with van der Waals surface area (Å²) in [4.78, 5) is 0. The molecule has 3 atom stereocenters. The molecule has 0 spiro atoms. The molecular weight excluding hydrogens is 172 g/mol. The summed E-state index contributed by atoms with van der Waals surface area (Å²) >= 11 is 0. The van der Waals surface area contributed by atoms with Crippen molar-refractivity contribution in [1.29, 1.82) is 0 Å². The van der Waals surface area contributed by atoms with Gasteiger partial charge in [0, 0.05) is 12.1 Å². The van der Waals surface area contributed by atoms with Crippen molar-refractivity contribution in [2.45, 2.75) is 64.5 Å². The third-order valence-corrected chi connectivity index (χ3v) is 3.54.